The van der Waals surface area contributed by atoms with Crippen LogP contribution >= 0.6 is 0 Å². The van der Waals surface area contributed by atoms with E-state index in [1.54, 1.807) is 19.1 Å². The Balaban J connectivity index is 2.61. The lowest BCUT2D eigenvalue weighted by Gasteiger charge is -2.02. The number of ether oxygens (including phenoxy) is 1. The van der Waals surface area contributed by atoms with Crippen molar-refractivity contribution in [3.8, 4) is 11.8 Å². The second kappa shape index (κ2) is 5.66. The summed E-state index contributed by atoms with van der Waals surface area (Å²) in [6.07, 6.45) is 0. The molecule has 0 fully saturated rings. The van der Waals surface area contributed by atoms with Crippen LogP contribution in [0.3, 0.4) is 0 Å². The van der Waals surface area contributed by atoms with Crippen molar-refractivity contribution in [2.75, 3.05) is 6.61 Å². The van der Waals surface area contributed by atoms with E-state index in [2.05, 4.69) is 11.8 Å². The van der Waals surface area contributed by atoms with E-state index in [-0.39, 0.29) is 4.90 Å². The lowest BCUT2D eigenvalue weighted by atomic mass is 10.2. The van der Waals surface area contributed by atoms with E-state index in [4.69, 9.17) is 9.88 Å². The summed E-state index contributed by atoms with van der Waals surface area (Å²) in [5.41, 5.74) is 0.880. The molecule has 0 aromatic heterocycles. The summed E-state index contributed by atoms with van der Waals surface area (Å²) in [7, 11) is -3.61. The molecule has 5 heteroatoms. The smallest absolute Gasteiger partial charge is 0.238 e. The van der Waals surface area contributed by atoms with Crippen LogP contribution in [0.25, 0.3) is 0 Å². The van der Waals surface area contributed by atoms with Crippen molar-refractivity contribution in [3.05, 3.63) is 29.8 Å². The molecule has 1 aromatic rings. The zero-order valence-corrected chi connectivity index (χ0v) is 9.75. The van der Waals surface area contributed by atoms with Gasteiger partial charge in [0, 0.05) is 0 Å². The standard InChI is InChI=1S/C11H13NO3S/c1-2-3-8-15-9-10-4-6-11(7-5-10)16(12,13)14/h4-7H,8-9H2,1H3,(H2,12,13,14). The average molecular weight is 239 g/mol. The Hall–Kier alpha value is -1.35. The largest absolute Gasteiger partial charge is 0.364 e. The number of nitrogens with two attached hydrogens (primary N) is 1. The summed E-state index contributed by atoms with van der Waals surface area (Å²) in [6.45, 7) is 2.51. The molecule has 0 aliphatic carbocycles. The lowest BCUT2D eigenvalue weighted by Crippen LogP contribution is -2.11. The molecule has 0 atom stereocenters. The number of benzene rings is 1. The molecule has 4 nitrogen and oxygen atoms in total. The van der Waals surface area contributed by atoms with Crippen molar-refractivity contribution >= 4 is 10.0 Å². The molecule has 1 rings (SSSR count). The number of primary sulfonamides is 1. The summed E-state index contributed by atoms with van der Waals surface area (Å²) in [4.78, 5) is 0.101. The highest BCUT2D eigenvalue weighted by molar-refractivity contribution is 7.89. The molecule has 0 spiro atoms. The van der Waals surface area contributed by atoms with Gasteiger partial charge in [0.15, 0.2) is 0 Å². The van der Waals surface area contributed by atoms with Gasteiger partial charge in [-0.05, 0) is 24.6 Å². The minimum atomic E-state index is -3.61. The molecule has 0 amide bonds. The molecule has 0 saturated carbocycles. The zero-order valence-electron chi connectivity index (χ0n) is 8.93. The number of hydrogen-bond donors (Lipinski definition) is 1. The Morgan fingerprint density at radius 2 is 1.94 bits per heavy atom. The number of rotatable bonds is 4. The Kier molecular flexibility index (Phi) is 4.50. The van der Waals surface area contributed by atoms with Crippen molar-refractivity contribution in [3.63, 3.8) is 0 Å². The van der Waals surface area contributed by atoms with Crippen LogP contribution < -0.4 is 5.14 Å². The van der Waals surface area contributed by atoms with Gasteiger partial charge in [-0.25, -0.2) is 13.6 Å². The fourth-order valence-electron chi connectivity index (χ4n) is 1.07. The quantitative estimate of drug-likeness (QED) is 0.626. The third-order valence-corrected chi connectivity index (χ3v) is 2.80. The first kappa shape index (κ1) is 12.7. The highest BCUT2D eigenvalue weighted by atomic mass is 32.2. The highest BCUT2D eigenvalue weighted by Gasteiger charge is 2.06. The van der Waals surface area contributed by atoms with Gasteiger partial charge < -0.3 is 4.74 Å². The van der Waals surface area contributed by atoms with Crippen LogP contribution in [0.15, 0.2) is 29.2 Å². The fourth-order valence-corrected chi connectivity index (χ4v) is 1.58. The molecule has 0 radical (unpaired) electrons. The summed E-state index contributed by atoms with van der Waals surface area (Å²) in [5, 5.41) is 4.97. The summed E-state index contributed by atoms with van der Waals surface area (Å²) in [6, 6.07) is 6.25. The zero-order chi connectivity index (χ0) is 12.0. The molecule has 1 aromatic carbocycles. The van der Waals surface area contributed by atoms with E-state index in [1.807, 2.05) is 0 Å². The van der Waals surface area contributed by atoms with Gasteiger partial charge in [0.1, 0.15) is 6.61 Å². The molecule has 0 saturated heterocycles. The van der Waals surface area contributed by atoms with Gasteiger partial charge in [0.25, 0.3) is 0 Å². The van der Waals surface area contributed by atoms with Gasteiger partial charge in [0.05, 0.1) is 11.5 Å². The summed E-state index contributed by atoms with van der Waals surface area (Å²) < 4.78 is 27.2. The molecule has 0 bridgehead atoms. The second-order valence-electron chi connectivity index (χ2n) is 3.11. The predicted molar refractivity (Wildman–Crippen MR) is 60.9 cm³/mol. The van der Waals surface area contributed by atoms with E-state index in [9.17, 15) is 8.42 Å². The van der Waals surface area contributed by atoms with E-state index < -0.39 is 10.0 Å². The maximum atomic E-state index is 11.0. The third-order valence-electron chi connectivity index (χ3n) is 1.87. The number of hydrogen-bond acceptors (Lipinski definition) is 3. The molecular formula is C11H13NO3S. The van der Waals surface area contributed by atoms with Crippen molar-refractivity contribution in [1.82, 2.24) is 0 Å². The van der Waals surface area contributed by atoms with E-state index in [0.717, 1.165) is 5.56 Å². The Bertz CT molecular complexity index is 494. The van der Waals surface area contributed by atoms with Crippen molar-refractivity contribution in [2.45, 2.75) is 18.4 Å². The highest BCUT2D eigenvalue weighted by Crippen LogP contribution is 2.09. The second-order valence-corrected chi connectivity index (χ2v) is 4.67. The monoisotopic (exact) mass is 239 g/mol. The van der Waals surface area contributed by atoms with Gasteiger partial charge in [-0.15, -0.1) is 5.92 Å². The fraction of sp³-hybridized carbons (Fsp3) is 0.273. The third kappa shape index (κ3) is 4.03. The summed E-state index contributed by atoms with van der Waals surface area (Å²) >= 11 is 0. The SMILES string of the molecule is CC#CCOCc1ccc(S(N)(=O)=O)cc1. The van der Waals surface area contributed by atoms with Gasteiger partial charge in [0.2, 0.25) is 10.0 Å². The predicted octanol–water partition coefficient (Wildman–Crippen LogP) is 0.874. The van der Waals surface area contributed by atoms with E-state index >= 15 is 0 Å². The van der Waals surface area contributed by atoms with Crippen molar-refractivity contribution < 1.29 is 13.2 Å². The summed E-state index contributed by atoms with van der Waals surface area (Å²) in [5.74, 6) is 5.48. The maximum absolute atomic E-state index is 11.0. The van der Waals surface area contributed by atoms with Gasteiger partial charge in [-0.2, -0.15) is 0 Å². The van der Waals surface area contributed by atoms with Crippen molar-refractivity contribution in [1.29, 1.82) is 0 Å². The Morgan fingerprint density at radius 1 is 1.31 bits per heavy atom. The van der Waals surface area contributed by atoms with E-state index in [1.165, 1.54) is 12.1 Å². The van der Waals surface area contributed by atoms with Crippen LogP contribution in [-0.2, 0) is 21.4 Å². The minimum absolute atomic E-state index is 0.101. The Morgan fingerprint density at radius 3 is 2.44 bits per heavy atom. The molecule has 0 aliphatic heterocycles. The molecule has 0 heterocycles. The normalized spacial score (nSPS) is 10.6. The molecule has 16 heavy (non-hydrogen) atoms. The van der Waals surface area contributed by atoms with Crippen LogP contribution in [0.1, 0.15) is 12.5 Å². The maximum Gasteiger partial charge on any atom is 0.238 e. The van der Waals surface area contributed by atoms with Crippen LogP contribution in [0.4, 0.5) is 0 Å². The Labute approximate surface area is 95.5 Å². The van der Waals surface area contributed by atoms with Crippen LogP contribution in [-0.4, -0.2) is 15.0 Å². The molecular weight excluding hydrogens is 226 g/mol. The van der Waals surface area contributed by atoms with Gasteiger partial charge in [-0.3, -0.25) is 0 Å². The first-order chi connectivity index (χ1) is 7.54. The minimum Gasteiger partial charge on any atom is -0.364 e. The molecule has 0 aliphatic rings. The molecule has 0 unspecified atom stereocenters. The van der Waals surface area contributed by atoms with Gasteiger partial charge >= 0.3 is 0 Å². The van der Waals surface area contributed by atoms with Crippen molar-refractivity contribution in [2.24, 2.45) is 5.14 Å². The first-order valence-corrected chi connectivity index (χ1v) is 6.18. The average Bonchev–Trinajstić information content (AvgIpc) is 2.24. The first-order valence-electron chi connectivity index (χ1n) is 4.63. The van der Waals surface area contributed by atoms with Crippen LogP contribution in [0.5, 0.6) is 0 Å². The van der Waals surface area contributed by atoms with Gasteiger partial charge in [-0.1, -0.05) is 18.1 Å². The molecule has 86 valence electrons. The van der Waals surface area contributed by atoms with E-state index in [0.29, 0.717) is 13.2 Å². The van der Waals surface area contributed by atoms with Crippen LogP contribution in [0, 0.1) is 11.8 Å². The van der Waals surface area contributed by atoms with Crippen LogP contribution in [0.2, 0.25) is 0 Å². The number of sulfonamides is 1. The topological polar surface area (TPSA) is 69.4 Å². The molecule has 2 N–H and O–H groups in total. The lowest BCUT2D eigenvalue weighted by molar-refractivity contribution is 0.153.